The monoisotopic (exact) mass is 305 g/mol. The Morgan fingerprint density at radius 3 is 2.86 bits per heavy atom. The molecule has 2 N–H and O–H groups in total. The number of hydrogen-bond acceptors (Lipinski definition) is 3. The Balaban J connectivity index is 2.23. The molecule has 1 aromatic heterocycles. The summed E-state index contributed by atoms with van der Waals surface area (Å²) in [7, 11) is 0. The van der Waals surface area contributed by atoms with Gasteiger partial charge in [0.25, 0.3) is 0 Å². The molecule has 0 saturated carbocycles. The molecule has 1 unspecified atom stereocenters. The molecule has 1 aliphatic rings. The number of aliphatic carboxylic acids is 1. The van der Waals surface area contributed by atoms with Crippen LogP contribution in [0.4, 0.5) is 4.79 Å². The van der Waals surface area contributed by atoms with E-state index in [1.54, 1.807) is 4.90 Å². The van der Waals surface area contributed by atoms with Gasteiger partial charge < -0.3 is 15.3 Å². The molecule has 1 aromatic rings. The van der Waals surface area contributed by atoms with Crippen molar-refractivity contribution >= 4 is 12.0 Å². The molecule has 0 aliphatic carbocycles. The largest absolute Gasteiger partial charge is 0.481 e. The molecule has 120 valence electrons. The lowest BCUT2D eigenvalue weighted by Crippen LogP contribution is -2.44. The van der Waals surface area contributed by atoms with E-state index in [4.69, 9.17) is 0 Å². The third-order valence-electron chi connectivity index (χ3n) is 4.36. The first-order chi connectivity index (χ1) is 10.4. The average Bonchev–Trinajstić information content (AvgIpc) is 2.80. The Labute approximate surface area is 130 Å². The van der Waals surface area contributed by atoms with E-state index < -0.39 is 11.9 Å². The summed E-state index contributed by atoms with van der Waals surface area (Å²) >= 11 is 0. The van der Waals surface area contributed by atoms with Gasteiger partial charge in [0.2, 0.25) is 0 Å². The highest BCUT2D eigenvalue weighted by Gasteiger charge is 2.42. The number of nitrogens with one attached hydrogen (secondary N) is 1. The topological polar surface area (TPSA) is 82.5 Å². The molecule has 6 nitrogen and oxygen atoms in total. The van der Waals surface area contributed by atoms with Gasteiger partial charge in [-0.3, -0.25) is 9.78 Å². The van der Waals surface area contributed by atoms with Crippen molar-refractivity contribution in [2.75, 3.05) is 6.54 Å². The van der Waals surface area contributed by atoms with Gasteiger partial charge in [0.15, 0.2) is 0 Å². The zero-order chi connectivity index (χ0) is 16.3. The van der Waals surface area contributed by atoms with Crippen LogP contribution >= 0.6 is 0 Å². The maximum Gasteiger partial charge on any atom is 0.318 e. The van der Waals surface area contributed by atoms with Crippen molar-refractivity contribution in [3.8, 4) is 0 Å². The molecular formula is C16H23N3O3. The van der Waals surface area contributed by atoms with E-state index >= 15 is 0 Å². The van der Waals surface area contributed by atoms with Gasteiger partial charge in [0.1, 0.15) is 0 Å². The summed E-state index contributed by atoms with van der Waals surface area (Å²) < 4.78 is 0. The number of urea groups is 1. The van der Waals surface area contributed by atoms with Gasteiger partial charge in [-0.15, -0.1) is 0 Å². The van der Waals surface area contributed by atoms with Gasteiger partial charge >= 0.3 is 12.0 Å². The van der Waals surface area contributed by atoms with Gasteiger partial charge in [0, 0.05) is 12.2 Å². The molecule has 2 rings (SSSR count). The molecule has 3 atom stereocenters. The van der Waals surface area contributed by atoms with E-state index in [0.29, 0.717) is 13.1 Å². The Hall–Kier alpha value is -2.11. The minimum Gasteiger partial charge on any atom is -0.481 e. The highest BCUT2D eigenvalue weighted by Crippen LogP contribution is 2.27. The van der Waals surface area contributed by atoms with Crippen molar-refractivity contribution in [1.82, 2.24) is 15.2 Å². The lowest BCUT2D eigenvalue weighted by Gasteiger charge is -2.31. The number of rotatable bonds is 6. The van der Waals surface area contributed by atoms with E-state index in [9.17, 15) is 14.7 Å². The van der Waals surface area contributed by atoms with Crippen LogP contribution in [0.15, 0.2) is 18.2 Å². The van der Waals surface area contributed by atoms with Crippen LogP contribution in [-0.4, -0.2) is 39.6 Å². The van der Waals surface area contributed by atoms with Gasteiger partial charge in [-0.2, -0.15) is 0 Å². The Morgan fingerprint density at radius 2 is 2.27 bits per heavy atom. The van der Waals surface area contributed by atoms with Crippen molar-refractivity contribution in [3.63, 3.8) is 0 Å². The van der Waals surface area contributed by atoms with E-state index in [0.717, 1.165) is 17.8 Å². The van der Waals surface area contributed by atoms with E-state index in [-0.39, 0.29) is 18.0 Å². The fourth-order valence-electron chi connectivity index (χ4n) is 2.97. The molecule has 6 heteroatoms. The number of amides is 2. The van der Waals surface area contributed by atoms with Crippen molar-refractivity contribution in [2.45, 2.75) is 39.8 Å². The van der Waals surface area contributed by atoms with E-state index in [2.05, 4.69) is 10.3 Å². The molecule has 2 heterocycles. The fourth-order valence-corrected chi connectivity index (χ4v) is 2.97. The summed E-state index contributed by atoms with van der Waals surface area (Å²) in [6.07, 6.45) is 0.762. The molecule has 0 radical (unpaired) electrons. The van der Waals surface area contributed by atoms with E-state index in [1.807, 2.05) is 39.0 Å². The number of pyridine rings is 1. The zero-order valence-corrected chi connectivity index (χ0v) is 13.2. The van der Waals surface area contributed by atoms with Crippen LogP contribution in [0.1, 0.15) is 31.7 Å². The van der Waals surface area contributed by atoms with Crippen LogP contribution in [0.2, 0.25) is 0 Å². The Morgan fingerprint density at radius 1 is 1.55 bits per heavy atom. The maximum absolute atomic E-state index is 12.1. The quantitative estimate of drug-likeness (QED) is 0.842. The summed E-state index contributed by atoms with van der Waals surface area (Å²) in [5.41, 5.74) is 1.65. The first-order valence-electron chi connectivity index (χ1n) is 7.63. The number of carboxylic acid groups (broad SMARTS) is 1. The highest BCUT2D eigenvalue weighted by molar-refractivity contribution is 5.79. The normalized spacial score (nSPS) is 20.6. The van der Waals surface area contributed by atoms with Crippen molar-refractivity contribution < 1.29 is 14.7 Å². The third-order valence-corrected chi connectivity index (χ3v) is 4.36. The van der Waals surface area contributed by atoms with Gasteiger partial charge in [-0.1, -0.05) is 26.3 Å². The van der Waals surface area contributed by atoms with E-state index in [1.165, 1.54) is 0 Å². The molecule has 0 aromatic carbocycles. The predicted octanol–water partition coefficient (Wildman–Crippen LogP) is 2.03. The number of aromatic nitrogens is 1. The molecule has 1 saturated heterocycles. The third kappa shape index (κ3) is 3.37. The summed E-state index contributed by atoms with van der Waals surface area (Å²) in [5.74, 6) is -1.42. The molecule has 0 bridgehead atoms. The predicted molar refractivity (Wildman–Crippen MR) is 82.3 cm³/mol. The number of carbonyl (C=O) groups is 2. The van der Waals surface area contributed by atoms with Gasteiger partial charge in [-0.05, 0) is 25.0 Å². The highest BCUT2D eigenvalue weighted by atomic mass is 16.4. The van der Waals surface area contributed by atoms with Crippen LogP contribution in [-0.2, 0) is 11.3 Å². The summed E-state index contributed by atoms with van der Waals surface area (Å²) in [6, 6.07) is 5.08. The van der Waals surface area contributed by atoms with Crippen LogP contribution in [0.5, 0.6) is 0 Å². The number of aryl methyl sites for hydroxylation is 1. The molecule has 22 heavy (non-hydrogen) atoms. The van der Waals surface area contributed by atoms with Crippen LogP contribution in [0.3, 0.4) is 0 Å². The first-order valence-corrected chi connectivity index (χ1v) is 7.63. The average molecular weight is 305 g/mol. The summed E-state index contributed by atoms with van der Waals surface area (Å²) in [5, 5.41) is 12.3. The lowest BCUT2D eigenvalue weighted by atomic mass is 9.85. The van der Waals surface area contributed by atoms with Crippen molar-refractivity contribution in [1.29, 1.82) is 0 Å². The van der Waals surface area contributed by atoms with Crippen molar-refractivity contribution in [3.05, 3.63) is 29.6 Å². The summed E-state index contributed by atoms with van der Waals surface area (Å²) in [6.45, 7) is 6.48. The number of carbonyl (C=O) groups excluding carboxylic acids is 1. The lowest BCUT2D eigenvalue weighted by molar-refractivity contribution is -0.145. The Kier molecular flexibility index (Phi) is 5.00. The maximum atomic E-state index is 12.1. The molecule has 2 amide bonds. The standard InChI is InChI=1S/C16H23N3O3/c1-4-10(2)14(15(20)21)13-8-17-16(22)19(13)9-12-7-5-6-11(3)18-12/h5-7,10,13-14H,4,8-9H2,1-3H3,(H,17,22)(H,20,21)/t10-,13?,14-/m0/s1. The van der Waals surface area contributed by atoms with Crippen LogP contribution < -0.4 is 5.32 Å². The number of carboxylic acids is 1. The number of nitrogens with zero attached hydrogens (tertiary/aromatic N) is 2. The van der Waals surface area contributed by atoms with Gasteiger partial charge in [-0.25, -0.2) is 4.79 Å². The smallest absolute Gasteiger partial charge is 0.318 e. The minimum absolute atomic E-state index is 0.00293. The van der Waals surface area contributed by atoms with Crippen LogP contribution in [0.25, 0.3) is 0 Å². The molecule has 1 fully saturated rings. The second-order valence-electron chi connectivity index (χ2n) is 5.90. The molecule has 0 spiro atoms. The minimum atomic E-state index is -0.849. The van der Waals surface area contributed by atoms with Crippen molar-refractivity contribution in [2.24, 2.45) is 11.8 Å². The molecular weight excluding hydrogens is 282 g/mol. The second-order valence-corrected chi connectivity index (χ2v) is 5.90. The first kappa shape index (κ1) is 16.3. The molecule has 1 aliphatic heterocycles. The van der Waals surface area contributed by atoms with Gasteiger partial charge in [0.05, 0.1) is 24.2 Å². The number of hydrogen-bond donors (Lipinski definition) is 2. The SMILES string of the molecule is CC[C@H](C)[C@H](C(=O)O)C1CNC(=O)N1Cc1cccc(C)n1. The van der Waals surface area contributed by atoms with Crippen LogP contribution in [0, 0.1) is 18.8 Å². The second kappa shape index (κ2) is 6.77. The Bertz CT molecular complexity index is 561. The summed E-state index contributed by atoms with van der Waals surface area (Å²) in [4.78, 5) is 29.8. The fraction of sp³-hybridized carbons (Fsp3) is 0.562. The zero-order valence-electron chi connectivity index (χ0n) is 13.2.